The van der Waals surface area contributed by atoms with Crippen LogP contribution in [0.4, 0.5) is 11.8 Å². The summed E-state index contributed by atoms with van der Waals surface area (Å²) in [6, 6.07) is 4.08. The molecule has 98 valence electrons. The standard InChI is InChI=1S/C13H16N6/c1-9-17-11(10-4-2-5-14-10)8-12(18-9)19-13-15-6-3-7-16-13/h3,6-8,10,14H,2,4-5H2,1H3,(H,15,16,17,18,19)/t10-/m1/s1. The number of aryl methyl sites for hydroxylation is 1. The molecule has 0 spiro atoms. The van der Waals surface area contributed by atoms with Crippen molar-refractivity contribution in [2.75, 3.05) is 11.9 Å². The van der Waals surface area contributed by atoms with Gasteiger partial charge in [-0.3, -0.25) is 0 Å². The molecule has 6 nitrogen and oxygen atoms in total. The third-order valence-corrected chi connectivity index (χ3v) is 3.08. The van der Waals surface area contributed by atoms with Crippen LogP contribution in [0.3, 0.4) is 0 Å². The Labute approximate surface area is 111 Å². The van der Waals surface area contributed by atoms with Crippen molar-refractivity contribution in [1.82, 2.24) is 25.3 Å². The second kappa shape index (κ2) is 5.27. The van der Waals surface area contributed by atoms with Crippen LogP contribution in [-0.4, -0.2) is 26.5 Å². The number of nitrogens with one attached hydrogen (secondary N) is 2. The topological polar surface area (TPSA) is 75.6 Å². The number of anilines is 2. The first-order valence-electron chi connectivity index (χ1n) is 6.44. The van der Waals surface area contributed by atoms with Crippen molar-refractivity contribution < 1.29 is 0 Å². The molecule has 1 saturated heterocycles. The number of nitrogens with zero attached hydrogens (tertiary/aromatic N) is 4. The van der Waals surface area contributed by atoms with Crippen molar-refractivity contribution in [2.45, 2.75) is 25.8 Å². The largest absolute Gasteiger partial charge is 0.309 e. The van der Waals surface area contributed by atoms with Crippen molar-refractivity contribution in [3.05, 3.63) is 36.0 Å². The molecule has 19 heavy (non-hydrogen) atoms. The van der Waals surface area contributed by atoms with Gasteiger partial charge in [0.15, 0.2) is 0 Å². The minimum atomic E-state index is 0.332. The number of rotatable bonds is 3. The molecule has 3 rings (SSSR count). The molecule has 0 aromatic carbocycles. The minimum Gasteiger partial charge on any atom is -0.309 e. The van der Waals surface area contributed by atoms with Crippen LogP contribution in [0.1, 0.15) is 30.4 Å². The fraction of sp³-hybridized carbons (Fsp3) is 0.385. The van der Waals surface area contributed by atoms with Crippen molar-refractivity contribution >= 4 is 11.8 Å². The second-order valence-electron chi connectivity index (χ2n) is 4.57. The molecule has 1 atom stereocenters. The van der Waals surface area contributed by atoms with E-state index < -0.39 is 0 Å². The molecule has 1 aliphatic heterocycles. The van der Waals surface area contributed by atoms with E-state index in [4.69, 9.17) is 0 Å². The molecule has 1 aliphatic rings. The number of aromatic nitrogens is 4. The number of hydrogen-bond acceptors (Lipinski definition) is 6. The van der Waals surface area contributed by atoms with Crippen molar-refractivity contribution in [3.8, 4) is 0 Å². The van der Waals surface area contributed by atoms with Crippen LogP contribution in [0.15, 0.2) is 24.5 Å². The molecular formula is C13H16N6. The molecule has 0 saturated carbocycles. The van der Waals surface area contributed by atoms with Gasteiger partial charge in [-0.25, -0.2) is 19.9 Å². The summed E-state index contributed by atoms with van der Waals surface area (Å²) in [5.74, 6) is 2.04. The van der Waals surface area contributed by atoms with Gasteiger partial charge in [-0.1, -0.05) is 0 Å². The van der Waals surface area contributed by atoms with Gasteiger partial charge in [0.2, 0.25) is 5.95 Å². The van der Waals surface area contributed by atoms with E-state index in [0.717, 1.165) is 30.3 Å². The maximum Gasteiger partial charge on any atom is 0.228 e. The maximum absolute atomic E-state index is 4.50. The van der Waals surface area contributed by atoms with Gasteiger partial charge in [-0.2, -0.15) is 0 Å². The van der Waals surface area contributed by atoms with Crippen LogP contribution in [0.25, 0.3) is 0 Å². The average molecular weight is 256 g/mol. The van der Waals surface area contributed by atoms with E-state index in [9.17, 15) is 0 Å². The van der Waals surface area contributed by atoms with Gasteiger partial charge in [0.05, 0.1) is 5.69 Å². The van der Waals surface area contributed by atoms with Gasteiger partial charge in [0.25, 0.3) is 0 Å². The minimum absolute atomic E-state index is 0.332. The molecule has 2 aromatic rings. The van der Waals surface area contributed by atoms with Crippen LogP contribution in [0, 0.1) is 6.92 Å². The van der Waals surface area contributed by atoms with Crippen LogP contribution in [-0.2, 0) is 0 Å². The smallest absolute Gasteiger partial charge is 0.228 e. The number of hydrogen-bond donors (Lipinski definition) is 2. The molecule has 1 fully saturated rings. The van der Waals surface area contributed by atoms with E-state index in [2.05, 4.69) is 30.6 Å². The summed E-state index contributed by atoms with van der Waals surface area (Å²) in [5.41, 5.74) is 1.03. The van der Waals surface area contributed by atoms with Crippen molar-refractivity contribution in [3.63, 3.8) is 0 Å². The first kappa shape index (κ1) is 12.0. The molecule has 6 heteroatoms. The van der Waals surface area contributed by atoms with Crippen LogP contribution in [0.5, 0.6) is 0 Å². The third-order valence-electron chi connectivity index (χ3n) is 3.08. The Kier molecular flexibility index (Phi) is 3.33. The first-order chi connectivity index (χ1) is 9.31. The van der Waals surface area contributed by atoms with Crippen molar-refractivity contribution in [1.29, 1.82) is 0 Å². The molecule has 0 amide bonds. The fourth-order valence-corrected chi connectivity index (χ4v) is 2.25. The molecule has 0 bridgehead atoms. The van der Waals surface area contributed by atoms with E-state index in [-0.39, 0.29) is 0 Å². The first-order valence-corrected chi connectivity index (χ1v) is 6.44. The van der Waals surface area contributed by atoms with Crippen LogP contribution in [0.2, 0.25) is 0 Å². The summed E-state index contributed by atoms with van der Waals surface area (Å²) in [6.07, 6.45) is 5.71. The summed E-state index contributed by atoms with van der Waals surface area (Å²) in [6.45, 7) is 2.95. The Balaban J connectivity index is 1.85. The van der Waals surface area contributed by atoms with E-state index >= 15 is 0 Å². The van der Waals surface area contributed by atoms with Gasteiger partial charge in [-0.05, 0) is 32.4 Å². The van der Waals surface area contributed by atoms with Gasteiger partial charge in [-0.15, -0.1) is 0 Å². The fourth-order valence-electron chi connectivity index (χ4n) is 2.25. The predicted molar refractivity (Wildman–Crippen MR) is 72.1 cm³/mol. The van der Waals surface area contributed by atoms with E-state index in [1.54, 1.807) is 18.5 Å². The lowest BCUT2D eigenvalue weighted by atomic mass is 10.1. The summed E-state index contributed by atoms with van der Waals surface area (Å²) in [7, 11) is 0. The summed E-state index contributed by atoms with van der Waals surface area (Å²) < 4.78 is 0. The zero-order valence-corrected chi connectivity index (χ0v) is 10.8. The highest BCUT2D eigenvalue weighted by molar-refractivity contribution is 5.48. The maximum atomic E-state index is 4.50. The summed E-state index contributed by atoms with van der Waals surface area (Å²) in [4.78, 5) is 17.1. The lowest BCUT2D eigenvalue weighted by molar-refractivity contribution is 0.623. The SMILES string of the molecule is Cc1nc(Nc2ncccn2)cc([C@H]2CCCN2)n1. The van der Waals surface area contributed by atoms with Crippen LogP contribution >= 0.6 is 0 Å². The Morgan fingerprint density at radius 3 is 2.84 bits per heavy atom. The molecule has 0 unspecified atom stereocenters. The average Bonchev–Trinajstić information content (AvgIpc) is 2.93. The molecule has 2 N–H and O–H groups in total. The second-order valence-corrected chi connectivity index (χ2v) is 4.57. The molecule has 0 radical (unpaired) electrons. The highest BCUT2D eigenvalue weighted by Crippen LogP contribution is 2.23. The monoisotopic (exact) mass is 256 g/mol. The summed E-state index contributed by atoms with van der Waals surface area (Å²) in [5, 5.41) is 6.55. The molecule has 3 heterocycles. The van der Waals surface area contributed by atoms with Crippen molar-refractivity contribution in [2.24, 2.45) is 0 Å². The van der Waals surface area contributed by atoms with Gasteiger partial charge >= 0.3 is 0 Å². The predicted octanol–water partition coefficient (Wildman–Crippen LogP) is 1.74. The van der Waals surface area contributed by atoms with E-state index in [0.29, 0.717) is 12.0 Å². The molecule has 0 aliphatic carbocycles. The lowest BCUT2D eigenvalue weighted by Gasteiger charge is -2.12. The molecular weight excluding hydrogens is 240 g/mol. The Morgan fingerprint density at radius 1 is 1.26 bits per heavy atom. The third kappa shape index (κ3) is 2.85. The molecule has 2 aromatic heterocycles. The quantitative estimate of drug-likeness (QED) is 0.871. The Hall–Kier alpha value is -2.08. The Bertz CT molecular complexity index is 550. The van der Waals surface area contributed by atoms with Gasteiger partial charge < -0.3 is 10.6 Å². The summed E-state index contributed by atoms with van der Waals surface area (Å²) >= 11 is 0. The van der Waals surface area contributed by atoms with Gasteiger partial charge in [0.1, 0.15) is 11.6 Å². The highest BCUT2D eigenvalue weighted by Gasteiger charge is 2.18. The van der Waals surface area contributed by atoms with Crippen LogP contribution < -0.4 is 10.6 Å². The van der Waals surface area contributed by atoms with E-state index in [1.807, 2.05) is 13.0 Å². The zero-order chi connectivity index (χ0) is 13.1. The Morgan fingerprint density at radius 2 is 2.11 bits per heavy atom. The lowest BCUT2D eigenvalue weighted by Crippen LogP contribution is -2.15. The zero-order valence-electron chi connectivity index (χ0n) is 10.8. The highest BCUT2D eigenvalue weighted by atomic mass is 15.1. The van der Waals surface area contributed by atoms with Gasteiger partial charge in [0, 0.05) is 24.5 Å². The normalized spacial score (nSPS) is 18.5. The van der Waals surface area contributed by atoms with E-state index in [1.165, 1.54) is 6.42 Å².